The number of hydrogen-bond acceptors (Lipinski definition) is 0. The quantitative estimate of drug-likeness (QED) is 0.196. The van der Waals surface area contributed by atoms with Crippen molar-refractivity contribution < 1.29 is 0 Å². The highest BCUT2D eigenvalue weighted by Crippen LogP contribution is 2.41. The van der Waals surface area contributed by atoms with E-state index in [1.165, 1.54) is 54.9 Å². The monoisotopic (exact) mass is 540 g/mol. The van der Waals surface area contributed by atoms with E-state index in [9.17, 15) is 0 Å². The van der Waals surface area contributed by atoms with Crippen LogP contribution in [0.3, 0.4) is 0 Å². The number of allylic oxidation sites excluding steroid dienone is 2. The molecule has 0 saturated heterocycles. The van der Waals surface area contributed by atoms with Gasteiger partial charge in [0.2, 0.25) is 0 Å². The number of benzene rings is 6. The summed E-state index contributed by atoms with van der Waals surface area (Å²) in [6.07, 6.45) is 9.56. The van der Waals surface area contributed by atoms with E-state index in [-0.39, 0.29) is 11.8 Å². The molecule has 2 unspecified atom stereocenters. The fourth-order valence-electron chi connectivity index (χ4n) is 7.54. The van der Waals surface area contributed by atoms with Crippen molar-refractivity contribution in [3.8, 4) is 0 Å². The molecule has 6 aromatic carbocycles. The van der Waals surface area contributed by atoms with Crippen LogP contribution in [-0.2, 0) is 0 Å². The Morgan fingerprint density at radius 2 is 0.854 bits per heavy atom. The topological polar surface area (TPSA) is 0 Å². The Balaban J connectivity index is 1.30. The lowest BCUT2D eigenvalue weighted by atomic mass is 9.89. The van der Waals surface area contributed by atoms with E-state index in [1.807, 2.05) is 0 Å². The zero-order valence-electron chi connectivity index (χ0n) is 23.5. The molecule has 0 fully saturated rings. The SMILES string of the molecule is C[Si](C)(c1cccc2c1C(c1cccc3ccccc13)C=C2)c1cccc2c1C(c1cccc3ccccc13)C=C2. The van der Waals surface area contributed by atoms with Gasteiger partial charge in [-0.2, -0.15) is 0 Å². The fraction of sp³-hybridized carbons (Fsp3) is 0.100. The van der Waals surface area contributed by atoms with Gasteiger partial charge in [0, 0.05) is 11.8 Å². The van der Waals surface area contributed by atoms with Gasteiger partial charge in [-0.15, -0.1) is 0 Å². The molecule has 8 rings (SSSR count). The molecule has 0 nitrogen and oxygen atoms in total. The lowest BCUT2D eigenvalue weighted by Gasteiger charge is -2.32. The minimum absolute atomic E-state index is 0.267. The second-order valence-electron chi connectivity index (χ2n) is 12.1. The Bertz CT molecular complexity index is 1880. The smallest absolute Gasteiger partial charge is 0.0720 e. The summed E-state index contributed by atoms with van der Waals surface area (Å²) >= 11 is 0. The second kappa shape index (κ2) is 9.29. The first-order valence-corrected chi connectivity index (χ1v) is 17.7. The molecule has 0 aromatic heterocycles. The van der Waals surface area contributed by atoms with Crippen molar-refractivity contribution in [1.82, 2.24) is 0 Å². The predicted octanol–water partition coefficient (Wildman–Crippen LogP) is 9.13. The highest BCUT2D eigenvalue weighted by Gasteiger charge is 2.37. The van der Waals surface area contributed by atoms with Crippen molar-refractivity contribution in [2.45, 2.75) is 24.9 Å². The van der Waals surface area contributed by atoms with Gasteiger partial charge in [0.25, 0.3) is 0 Å². The summed E-state index contributed by atoms with van der Waals surface area (Å²) in [5.74, 6) is 0.533. The molecule has 41 heavy (non-hydrogen) atoms. The summed E-state index contributed by atoms with van der Waals surface area (Å²) < 4.78 is 0. The van der Waals surface area contributed by atoms with E-state index in [4.69, 9.17) is 0 Å². The van der Waals surface area contributed by atoms with Crippen LogP contribution in [0.25, 0.3) is 33.7 Å². The molecule has 2 aliphatic rings. The molecular weight excluding hydrogens is 509 g/mol. The van der Waals surface area contributed by atoms with Gasteiger partial charge in [0.05, 0.1) is 0 Å². The van der Waals surface area contributed by atoms with Gasteiger partial charge >= 0.3 is 0 Å². The molecule has 0 aliphatic heterocycles. The molecule has 0 bridgehead atoms. The van der Waals surface area contributed by atoms with Crippen LogP contribution >= 0.6 is 0 Å². The highest BCUT2D eigenvalue weighted by molar-refractivity contribution is 7.01. The molecule has 6 aromatic rings. The van der Waals surface area contributed by atoms with Crippen LogP contribution in [0.15, 0.2) is 133 Å². The van der Waals surface area contributed by atoms with Gasteiger partial charge < -0.3 is 0 Å². The van der Waals surface area contributed by atoms with E-state index in [2.05, 4.69) is 159 Å². The molecule has 0 amide bonds. The van der Waals surface area contributed by atoms with Gasteiger partial charge in [-0.05, 0) is 65.3 Å². The van der Waals surface area contributed by atoms with Crippen LogP contribution in [0.1, 0.15) is 45.2 Å². The lowest BCUT2D eigenvalue weighted by molar-refractivity contribution is 1.07. The third-order valence-corrected chi connectivity index (χ3v) is 13.1. The lowest BCUT2D eigenvalue weighted by Crippen LogP contribution is -2.56. The maximum Gasteiger partial charge on any atom is 0.113 e. The molecule has 0 spiro atoms. The molecule has 0 saturated carbocycles. The summed E-state index contributed by atoms with van der Waals surface area (Å²) in [7, 11) is -2.13. The standard InChI is InChI=1S/C40H32Si/c1-41(2,37-21-9-15-29-23-25-35(39(29)37)33-19-7-13-27-11-3-5-17-31(27)33)38-22-10-16-30-24-26-36(40(30)38)34-20-8-14-28-12-4-6-18-32(28)34/h3-26,35-36H,1-2H3. The summed E-state index contributed by atoms with van der Waals surface area (Å²) in [5, 5.41) is 8.43. The van der Waals surface area contributed by atoms with Gasteiger partial charge in [0.15, 0.2) is 0 Å². The number of rotatable bonds is 4. The minimum Gasteiger partial charge on any atom is -0.0720 e. The van der Waals surface area contributed by atoms with Crippen molar-refractivity contribution in [3.05, 3.63) is 167 Å². The fourth-order valence-corrected chi connectivity index (χ4v) is 10.8. The number of fused-ring (bicyclic) bond motifs is 4. The molecular formula is C40H32Si. The first-order valence-electron chi connectivity index (χ1n) is 14.7. The van der Waals surface area contributed by atoms with Crippen LogP contribution in [0, 0.1) is 0 Å². The van der Waals surface area contributed by atoms with Crippen molar-refractivity contribution in [3.63, 3.8) is 0 Å². The Labute approximate surface area is 243 Å². The van der Waals surface area contributed by atoms with E-state index in [0.29, 0.717) is 0 Å². The molecule has 2 atom stereocenters. The molecule has 196 valence electrons. The first kappa shape index (κ1) is 24.3. The van der Waals surface area contributed by atoms with Crippen LogP contribution in [0.2, 0.25) is 13.1 Å². The zero-order chi connectivity index (χ0) is 27.6. The maximum atomic E-state index is 2.56. The minimum atomic E-state index is -2.13. The zero-order valence-corrected chi connectivity index (χ0v) is 24.5. The van der Waals surface area contributed by atoms with Gasteiger partial charge in [-0.1, -0.05) is 159 Å². The van der Waals surface area contributed by atoms with E-state index in [0.717, 1.165) is 0 Å². The average Bonchev–Trinajstić information content (AvgIpc) is 3.65. The van der Waals surface area contributed by atoms with Crippen molar-refractivity contribution >= 4 is 52.1 Å². The summed E-state index contributed by atoms with van der Waals surface area (Å²) in [6.45, 7) is 5.13. The van der Waals surface area contributed by atoms with Crippen LogP contribution < -0.4 is 10.4 Å². The molecule has 0 radical (unpaired) electrons. The van der Waals surface area contributed by atoms with Crippen molar-refractivity contribution in [2.24, 2.45) is 0 Å². The molecule has 1 heteroatoms. The summed E-state index contributed by atoms with van der Waals surface area (Å²) in [6, 6.07) is 45.3. The first-order chi connectivity index (χ1) is 20.1. The Morgan fingerprint density at radius 3 is 1.34 bits per heavy atom. The normalized spacial score (nSPS) is 17.3. The Hall–Kier alpha value is -4.46. The van der Waals surface area contributed by atoms with Gasteiger partial charge in [0.1, 0.15) is 8.07 Å². The summed E-state index contributed by atoms with van der Waals surface area (Å²) in [4.78, 5) is 0. The molecule has 2 aliphatic carbocycles. The third kappa shape index (κ3) is 3.73. The predicted molar refractivity (Wildman–Crippen MR) is 179 cm³/mol. The van der Waals surface area contributed by atoms with Crippen LogP contribution in [0.5, 0.6) is 0 Å². The van der Waals surface area contributed by atoms with Crippen molar-refractivity contribution in [2.75, 3.05) is 0 Å². The Morgan fingerprint density at radius 1 is 0.439 bits per heavy atom. The second-order valence-corrected chi connectivity index (χ2v) is 16.4. The van der Waals surface area contributed by atoms with Crippen LogP contribution in [-0.4, -0.2) is 8.07 Å². The van der Waals surface area contributed by atoms with Crippen molar-refractivity contribution in [1.29, 1.82) is 0 Å². The van der Waals surface area contributed by atoms with E-state index in [1.54, 1.807) is 10.4 Å². The third-order valence-electron chi connectivity index (χ3n) is 9.50. The number of hydrogen-bond donors (Lipinski definition) is 0. The average molecular weight is 541 g/mol. The van der Waals surface area contributed by atoms with E-state index < -0.39 is 8.07 Å². The Kier molecular flexibility index (Phi) is 5.52. The largest absolute Gasteiger partial charge is 0.113 e. The summed E-state index contributed by atoms with van der Waals surface area (Å²) in [5.41, 5.74) is 8.57. The maximum absolute atomic E-state index is 2.56. The van der Waals surface area contributed by atoms with E-state index >= 15 is 0 Å². The highest BCUT2D eigenvalue weighted by atomic mass is 28.3. The molecule has 0 heterocycles. The van der Waals surface area contributed by atoms with Crippen LogP contribution in [0.4, 0.5) is 0 Å². The van der Waals surface area contributed by atoms with Gasteiger partial charge in [-0.3, -0.25) is 0 Å². The molecule has 0 N–H and O–H groups in total. The van der Waals surface area contributed by atoms with Gasteiger partial charge in [-0.25, -0.2) is 0 Å².